The van der Waals surface area contributed by atoms with Crippen LogP contribution in [0.15, 0.2) is 0 Å². The van der Waals surface area contributed by atoms with E-state index in [9.17, 15) is 5.11 Å². The van der Waals surface area contributed by atoms with Crippen LogP contribution in [-0.2, 0) is 4.74 Å². The van der Waals surface area contributed by atoms with Crippen molar-refractivity contribution in [3.05, 3.63) is 0 Å². The molecule has 0 saturated carbocycles. The standard InChI is InChI=1S/C10H21NO2/c1-3-4-5-8(2)11-9-6-13-7-10(9)12/h8-12H,3-7H2,1-2H3. The lowest BCUT2D eigenvalue weighted by Gasteiger charge is -2.20. The zero-order valence-electron chi connectivity index (χ0n) is 8.62. The highest BCUT2D eigenvalue weighted by atomic mass is 16.5. The summed E-state index contributed by atoms with van der Waals surface area (Å²) in [5.74, 6) is 0. The van der Waals surface area contributed by atoms with Gasteiger partial charge in [0.25, 0.3) is 0 Å². The normalized spacial score (nSPS) is 30.7. The van der Waals surface area contributed by atoms with Crippen LogP contribution in [-0.4, -0.2) is 36.5 Å². The number of aliphatic hydroxyl groups is 1. The summed E-state index contributed by atoms with van der Waals surface area (Å²) in [4.78, 5) is 0. The van der Waals surface area contributed by atoms with E-state index in [1.807, 2.05) is 0 Å². The smallest absolute Gasteiger partial charge is 0.0948 e. The van der Waals surface area contributed by atoms with Gasteiger partial charge < -0.3 is 15.2 Å². The molecule has 0 bridgehead atoms. The quantitative estimate of drug-likeness (QED) is 0.672. The van der Waals surface area contributed by atoms with Crippen molar-refractivity contribution in [1.29, 1.82) is 0 Å². The Balaban J connectivity index is 2.15. The molecule has 13 heavy (non-hydrogen) atoms. The summed E-state index contributed by atoms with van der Waals surface area (Å²) in [5, 5.41) is 12.9. The Kier molecular flexibility index (Phi) is 4.70. The maximum atomic E-state index is 9.48. The van der Waals surface area contributed by atoms with Gasteiger partial charge in [-0.1, -0.05) is 19.8 Å². The third kappa shape index (κ3) is 3.63. The van der Waals surface area contributed by atoms with Crippen molar-refractivity contribution in [2.75, 3.05) is 13.2 Å². The largest absolute Gasteiger partial charge is 0.389 e. The molecule has 1 saturated heterocycles. The second-order valence-electron chi connectivity index (χ2n) is 3.92. The molecule has 0 spiro atoms. The topological polar surface area (TPSA) is 41.5 Å². The van der Waals surface area contributed by atoms with Crippen molar-refractivity contribution in [2.24, 2.45) is 0 Å². The summed E-state index contributed by atoms with van der Waals surface area (Å²) in [6.45, 7) is 5.50. The Bertz CT molecular complexity index is 141. The molecule has 1 aliphatic rings. The predicted octanol–water partition coefficient (Wildman–Crippen LogP) is 0.914. The molecule has 0 aromatic carbocycles. The Morgan fingerprint density at radius 3 is 2.85 bits per heavy atom. The molecule has 1 aliphatic heterocycles. The lowest BCUT2D eigenvalue weighted by Crippen LogP contribution is -2.43. The number of nitrogens with one attached hydrogen (secondary N) is 1. The van der Waals surface area contributed by atoms with Crippen LogP contribution in [0.5, 0.6) is 0 Å². The van der Waals surface area contributed by atoms with Crippen LogP contribution < -0.4 is 5.32 Å². The number of hydrogen-bond acceptors (Lipinski definition) is 3. The van der Waals surface area contributed by atoms with Crippen molar-refractivity contribution >= 4 is 0 Å². The third-order valence-electron chi connectivity index (χ3n) is 2.54. The second kappa shape index (κ2) is 5.58. The van der Waals surface area contributed by atoms with Crippen LogP contribution in [0.3, 0.4) is 0 Å². The van der Waals surface area contributed by atoms with Gasteiger partial charge in [0.05, 0.1) is 25.4 Å². The van der Waals surface area contributed by atoms with E-state index >= 15 is 0 Å². The molecule has 0 aromatic heterocycles. The summed E-state index contributed by atoms with van der Waals surface area (Å²) in [5.41, 5.74) is 0. The molecule has 1 rings (SSSR count). The van der Waals surface area contributed by atoms with Crippen molar-refractivity contribution in [3.63, 3.8) is 0 Å². The number of ether oxygens (including phenoxy) is 1. The van der Waals surface area contributed by atoms with E-state index in [4.69, 9.17) is 4.74 Å². The van der Waals surface area contributed by atoms with E-state index in [0.29, 0.717) is 19.3 Å². The van der Waals surface area contributed by atoms with Crippen molar-refractivity contribution in [2.45, 2.75) is 51.3 Å². The minimum Gasteiger partial charge on any atom is -0.389 e. The average Bonchev–Trinajstić information content (AvgIpc) is 2.48. The van der Waals surface area contributed by atoms with Gasteiger partial charge in [-0.25, -0.2) is 0 Å². The van der Waals surface area contributed by atoms with Crippen LogP contribution in [0, 0.1) is 0 Å². The molecule has 1 fully saturated rings. The highest BCUT2D eigenvalue weighted by Gasteiger charge is 2.26. The first-order valence-electron chi connectivity index (χ1n) is 5.26. The Morgan fingerprint density at radius 2 is 2.31 bits per heavy atom. The van der Waals surface area contributed by atoms with Gasteiger partial charge in [0.2, 0.25) is 0 Å². The Labute approximate surface area is 80.5 Å². The number of aliphatic hydroxyl groups excluding tert-OH is 1. The number of hydrogen-bond donors (Lipinski definition) is 2. The molecule has 78 valence electrons. The summed E-state index contributed by atoms with van der Waals surface area (Å²) in [6, 6.07) is 0.633. The number of rotatable bonds is 5. The zero-order valence-corrected chi connectivity index (χ0v) is 8.62. The number of unbranched alkanes of at least 4 members (excludes halogenated alkanes) is 1. The van der Waals surface area contributed by atoms with Crippen LogP contribution >= 0.6 is 0 Å². The first-order chi connectivity index (χ1) is 6.24. The lowest BCUT2D eigenvalue weighted by molar-refractivity contribution is 0.121. The molecule has 0 amide bonds. The predicted molar refractivity (Wildman–Crippen MR) is 52.7 cm³/mol. The van der Waals surface area contributed by atoms with Gasteiger partial charge in [-0.2, -0.15) is 0 Å². The van der Waals surface area contributed by atoms with Gasteiger partial charge in [0.1, 0.15) is 0 Å². The van der Waals surface area contributed by atoms with Crippen LogP contribution in [0.1, 0.15) is 33.1 Å². The molecule has 0 radical (unpaired) electrons. The minimum atomic E-state index is -0.316. The third-order valence-corrected chi connectivity index (χ3v) is 2.54. The molecule has 0 aromatic rings. The van der Waals surface area contributed by atoms with Gasteiger partial charge in [0.15, 0.2) is 0 Å². The second-order valence-corrected chi connectivity index (χ2v) is 3.92. The molecule has 2 N–H and O–H groups in total. The molecular weight excluding hydrogens is 166 g/mol. The Morgan fingerprint density at radius 1 is 1.54 bits per heavy atom. The van der Waals surface area contributed by atoms with Gasteiger partial charge in [-0.05, 0) is 13.3 Å². The molecule has 1 heterocycles. The van der Waals surface area contributed by atoms with E-state index in [1.54, 1.807) is 0 Å². The molecular formula is C10H21NO2. The molecule has 0 aliphatic carbocycles. The summed E-state index contributed by atoms with van der Waals surface area (Å²) in [6.07, 6.45) is 3.34. The molecule has 3 unspecified atom stereocenters. The van der Waals surface area contributed by atoms with Crippen LogP contribution in [0.4, 0.5) is 0 Å². The fraction of sp³-hybridized carbons (Fsp3) is 1.00. The first-order valence-corrected chi connectivity index (χ1v) is 5.26. The van der Waals surface area contributed by atoms with E-state index in [-0.39, 0.29) is 12.1 Å². The highest BCUT2D eigenvalue weighted by Crippen LogP contribution is 2.08. The lowest BCUT2D eigenvalue weighted by atomic mass is 10.1. The zero-order chi connectivity index (χ0) is 9.68. The molecule has 3 atom stereocenters. The SMILES string of the molecule is CCCCC(C)NC1COCC1O. The monoisotopic (exact) mass is 187 g/mol. The van der Waals surface area contributed by atoms with E-state index in [0.717, 1.165) is 0 Å². The molecule has 3 heteroatoms. The average molecular weight is 187 g/mol. The minimum absolute atomic E-state index is 0.145. The maximum absolute atomic E-state index is 9.48. The van der Waals surface area contributed by atoms with Crippen molar-refractivity contribution < 1.29 is 9.84 Å². The summed E-state index contributed by atoms with van der Waals surface area (Å²) >= 11 is 0. The van der Waals surface area contributed by atoms with Crippen molar-refractivity contribution in [1.82, 2.24) is 5.32 Å². The summed E-state index contributed by atoms with van der Waals surface area (Å²) in [7, 11) is 0. The van der Waals surface area contributed by atoms with Crippen molar-refractivity contribution in [3.8, 4) is 0 Å². The van der Waals surface area contributed by atoms with Gasteiger partial charge in [-0.3, -0.25) is 0 Å². The highest BCUT2D eigenvalue weighted by molar-refractivity contribution is 4.82. The molecule has 3 nitrogen and oxygen atoms in total. The van der Waals surface area contributed by atoms with Crippen LogP contribution in [0.2, 0.25) is 0 Å². The fourth-order valence-electron chi connectivity index (χ4n) is 1.66. The van der Waals surface area contributed by atoms with E-state index < -0.39 is 0 Å². The van der Waals surface area contributed by atoms with Gasteiger partial charge in [0, 0.05) is 6.04 Å². The van der Waals surface area contributed by atoms with Crippen LogP contribution in [0.25, 0.3) is 0 Å². The fourth-order valence-corrected chi connectivity index (χ4v) is 1.66. The Hall–Kier alpha value is -0.120. The van der Waals surface area contributed by atoms with E-state index in [1.165, 1.54) is 19.3 Å². The summed E-state index contributed by atoms with van der Waals surface area (Å²) < 4.78 is 5.16. The maximum Gasteiger partial charge on any atom is 0.0948 e. The van der Waals surface area contributed by atoms with Gasteiger partial charge in [-0.15, -0.1) is 0 Å². The van der Waals surface area contributed by atoms with Gasteiger partial charge >= 0.3 is 0 Å². The van der Waals surface area contributed by atoms with E-state index in [2.05, 4.69) is 19.2 Å². The first kappa shape index (κ1) is 11.0.